The van der Waals surface area contributed by atoms with Gasteiger partial charge in [-0.05, 0) is 73.0 Å². The molecule has 6 aliphatic carbocycles. The highest BCUT2D eigenvalue weighted by Gasteiger charge is 2.82. The second-order valence-electron chi connectivity index (χ2n) is 11.4. The number of β-amino-alcohol motifs (C(OH)–C–C–N with tert-alkyl or cyclic N) is 1. The Hall–Kier alpha value is -0.450. The van der Waals surface area contributed by atoms with Gasteiger partial charge in [0.15, 0.2) is 0 Å². The lowest BCUT2D eigenvalue weighted by Gasteiger charge is -2.67. The highest BCUT2D eigenvalue weighted by molar-refractivity contribution is 5.86. The SMILES string of the molecule is C[C@]12CCC[C@]34[C@@H]5C[C@H]6C[C@H]([C@H]3N(CCO)C1)C5(CC(=O)[C@@H]24)C[C@@]6(C)O. The minimum absolute atomic E-state index is 0.0345. The van der Waals surface area contributed by atoms with Crippen molar-refractivity contribution < 1.29 is 15.0 Å². The van der Waals surface area contributed by atoms with E-state index in [0.717, 1.165) is 45.2 Å². The molecule has 1 heterocycles. The van der Waals surface area contributed by atoms with E-state index in [1.807, 2.05) is 6.92 Å². The van der Waals surface area contributed by atoms with Crippen LogP contribution in [0.3, 0.4) is 0 Å². The van der Waals surface area contributed by atoms with Gasteiger partial charge in [-0.3, -0.25) is 9.69 Å². The second-order valence-corrected chi connectivity index (χ2v) is 11.4. The Balaban J connectivity index is 1.59. The molecule has 4 heteroatoms. The number of hydrogen-bond acceptors (Lipinski definition) is 4. The van der Waals surface area contributed by atoms with Gasteiger partial charge >= 0.3 is 0 Å². The Morgan fingerprint density at radius 1 is 1.23 bits per heavy atom. The standard InChI is InChI=1S/C22H33NO3/c1-19-4-3-5-22-16-9-13-8-14(18(22)23(12-19)6-7-24)21(16,11-20(13,2)26)10-15(25)17(19)22/h13-14,16-18,24,26H,3-12H2,1-2H3/t13-,14-,16-,17+,18-,19+,20-,21?,22-/m1/s1. The number of aliphatic hydroxyl groups is 2. The van der Waals surface area contributed by atoms with Crippen molar-refractivity contribution in [1.82, 2.24) is 4.90 Å². The molecule has 0 radical (unpaired) electrons. The average Bonchev–Trinajstić information content (AvgIpc) is 2.64. The van der Waals surface area contributed by atoms with Gasteiger partial charge in [0.25, 0.3) is 0 Å². The number of carbonyl (C=O) groups excluding carboxylic acids is 1. The number of Topliss-reactive ketones (excluding diaryl/α,β-unsaturated/α-hetero) is 1. The van der Waals surface area contributed by atoms with Crippen LogP contribution < -0.4 is 0 Å². The van der Waals surface area contributed by atoms with Crippen molar-refractivity contribution in [2.75, 3.05) is 19.7 Å². The van der Waals surface area contributed by atoms with Crippen molar-refractivity contribution >= 4 is 5.78 Å². The summed E-state index contributed by atoms with van der Waals surface area (Å²) >= 11 is 0. The number of ketones is 1. The Kier molecular flexibility index (Phi) is 2.90. The van der Waals surface area contributed by atoms with Crippen molar-refractivity contribution in [2.45, 2.75) is 70.4 Å². The van der Waals surface area contributed by atoms with E-state index in [1.54, 1.807) is 0 Å². The lowest BCUT2D eigenvalue weighted by Crippen LogP contribution is -2.69. The summed E-state index contributed by atoms with van der Waals surface area (Å²) < 4.78 is 0. The third kappa shape index (κ3) is 1.53. The van der Waals surface area contributed by atoms with E-state index in [9.17, 15) is 15.0 Å². The fourth-order valence-corrected chi connectivity index (χ4v) is 10.3. The molecule has 144 valence electrons. The van der Waals surface area contributed by atoms with E-state index in [2.05, 4.69) is 11.8 Å². The van der Waals surface area contributed by atoms with Gasteiger partial charge in [-0.2, -0.15) is 0 Å². The molecule has 7 rings (SSSR count). The van der Waals surface area contributed by atoms with Crippen molar-refractivity contribution in [3.8, 4) is 0 Å². The molecule has 1 aliphatic heterocycles. The monoisotopic (exact) mass is 359 g/mol. The van der Waals surface area contributed by atoms with Crippen LogP contribution in [-0.2, 0) is 4.79 Å². The number of fused-ring (bicyclic) bond motifs is 1. The first-order valence-corrected chi connectivity index (χ1v) is 10.9. The van der Waals surface area contributed by atoms with Crippen LogP contribution in [0.4, 0.5) is 0 Å². The molecule has 4 nitrogen and oxygen atoms in total. The summed E-state index contributed by atoms with van der Waals surface area (Å²) in [5, 5.41) is 20.9. The minimum atomic E-state index is -0.593. The van der Waals surface area contributed by atoms with E-state index < -0.39 is 5.60 Å². The van der Waals surface area contributed by atoms with E-state index in [0.29, 0.717) is 29.6 Å². The molecule has 1 saturated heterocycles. The average molecular weight is 360 g/mol. The summed E-state index contributed by atoms with van der Waals surface area (Å²) in [6.07, 6.45) is 7.39. The molecule has 1 unspecified atom stereocenters. The van der Waals surface area contributed by atoms with Crippen LogP contribution in [0.2, 0.25) is 0 Å². The van der Waals surface area contributed by atoms with Crippen molar-refractivity contribution in [3.05, 3.63) is 0 Å². The number of carbonyl (C=O) groups is 1. The molecule has 6 saturated carbocycles. The van der Waals surface area contributed by atoms with E-state index >= 15 is 0 Å². The predicted octanol–water partition coefficient (Wildman–Crippen LogP) is 2.23. The van der Waals surface area contributed by atoms with Crippen LogP contribution in [-0.4, -0.2) is 52.2 Å². The van der Waals surface area contributed by atoms with Crippen LogP contribution in [0, 0.1) is 39.9 Å². The number of likely N-dealkylation sites (tertiary alicyclic amines) is 1. The molecule has 2 spiro atoms. The third-order valence-electron chi connectivity index (χ3n) is 10.4. The van der Waals surface area contributed by atoms with Gasteiger partial charge in [-0.15, -0.1) is 0 Å². The smallest absolute Gasteiger partial charge is 0.137 e. The van der Waals surface area contributed by atoms with Gasteiger partial charge in [0.05, 0.1) is 12.2 Å². The van der Waals surface area contributed by atoms with E-state index in [-0.39, 0.29) is 28.8 Å². The summed E-state index contributed by atoms with van der Waals surface area (Å²) in [4.78, 5) is 16.2. The summed E-state index contributed by atoms with van der Waals surface area (Å²) in [6.45, 7) is 6.35. The van der Waals surface area contributed by atoms with Crippen LogP contribution in [0.1, 0.15) is 58.8 Å². The topological polar surface area (TPSA) is 60.8 Å². The molecule has 0 aromatic carbocycles. The molecule has 9 atom stereocenters. The van der Waals surface area contributed by atoms with Gasteiger partial charge in [0.1, 0.15) is 5.78 Å². The van der Waals surface area contributed by atoms with Crippen LogP contribution >= 0.6 is 0 Å². The molecule has 6 bridgehead atoms. The first-order valence-electron chi connectivity index (χ1n) is 10.9. The van der Waals surface area contributed by atoms with E-state index in [1.165, 1.54) is 12.8 Å². The molecular weight excluding hydrogens is 326 g/mol. The molecule has 7 aliphatic rings. The number of piperidine rings is 1. The quantitative estimate of drug-likeness (QED) is 0.794. The Bertz CT molecular complexity index is 691. The normalized spacial score (nSPS) is 62.6. The number of hydrogen-bond donors (Lipinski definition) is 2. The lowest BCUT2D eigenvalue weighted by atomic mass is 9.38. The Labute approximate surface area is 156 Å². The van der Waals surface area contributed by atoms with Crippen molar-refractivity contribution in [3.63, 3.8) is 0 Å². The fourth-order valence-electron chi connectivity index (χ4n) is 10.3. The fraction of sp³-hybridized carbons (Fsp3) is 0.955. The van der Waals surface area contributed by atoms with Crippen LogP contribution in [0.15, 0.2) is 0 Å². The Morgan fingerprint density at radius 2 is 2.04 bits per heavy atom. The number of rotatable bonds is 2. The molecule has 0 aromatic rings. The zero-order valence-corrected chi connectivity index (χ0v) is 16.2. The second kappa shape index (κ2) is 4.58. The van der Waals surface area contributed by atoms with Gasteiger partial charge in [0, 0.05) is 31.5 Å². The summed E-state index contributed by atoms with van der Waals surface area (Å²) in [5.41, 5.74) is -0.343. The highest BCUT2D eigenvalue weighted by atomic mass is 16.3. The highest BCUT2D eigenvalue weighted by Crippen LogP contribution is 2.82. The van der Waals surface area contributed by atoms with Gasteiger partial charge in [0.2, 0.25) is 0 Å². The molecule has 0 aromatic heterocycles. The third-order valence-corrected chi connectivity index (χ3v) is 10.4. The van der Waals surface area contributed by atoms with Crippen LogP contribution in [0.5, 0.6) is 0 Å². The lowest BCUT2D eigenvalue weighted by molar-refractivity contribution is -0.211. The van der Waals surface area contributed by atoms with Crippen molar-refractivity contribution in [1.29, 1.82) is 0 Å². The maximum absolute atomic E-state index is 13.6. The van der Waals surface area contributed by atoms with Gasteiger partial charge in [-0.1, -0.05) is 13.3 Å². The zero-order chi connectivity index (χ0) is 18.1. The molecule has 0 amide bonds. The number of nitrogens with zero attached hydrogens (tertiary/aromatic N) is 1. The summed E-state index contributed by atoms with van der Waals surface area (Å²) in [6, 6.07) is 0.463. The minimum Gasteiger partial charge on any atom is -0.395 e. The van der Waals surface area contributed by atoms with Gasteiger partial charge in [-0.25, -0.2) is 0 Å². The first kappa shape index (κ1) is 16.5. The van der Waals surface area contributed by atoms with Crippen molar-refractivity contribution in [2.24, 2.45) is 39.9 Å². The molecule has 2 N–H and O–H groups in total. The molecular formula is C22H33NO3. The zero-order valence-electron chi connectivity index (χ0n) is 16.2. The maximum atomic E-state index is 13.6. The Morgan fingerprint density at radius 3 is 2.81 bits per heavy atom. The van der Waals surface area contributed by atoms with Gasteiger partial charge < -0.3 is 10.2 Å². The largest absolute Gasteiger partial charge is 0.395 e. The number of aliphatic hydroxyl groups excluding tert-OH is 1. The maximum Gasteiger partial charge on any atom is 0.137 e. The van der Waals surface area contributed by atoms with E-state index in [4.69, 9.17) is 0 Å². The molecule has 26 heavy (non-hydrogen) atoms. The first-order chi connectivity index (χ1) is 12.3. The molecule has 7 fully saturated rings. The predicted molar refractivity (Wildman–Crippen MR) is 97.3 cm³/mol. The van der Waals surface area contributed by atoms with Crippen LogP contribution in [0.25, 0.3) is 0 Å². The summed E-state index contributed by atoms with van der Waals surface area (Å²) in [5.74, 6) is 2.32. The summed E-state index contributed by atoms with van der Waals surface area (Å²) in [7, 11) is 0.